The smallest absolute Gasteiger partial charge is 0.321 e. The lowest BCUT2D eigenvalue weighted by atomic mass is 10.0. The van der Waals surface area contributed by atoms with Gasteiger partial charge in [0.2, 0.25) is 0 Å². The Labute approximate surface area is 152 Å². The fourth-order valence-corrected chi connectivity index (χ4v) is 2.95. The topological polar surface area (TPSA) is 85.8 Å². The third kappa shape index (κ3) is 4.11. The molecule has 0 radical (unpaired) electrons. The third-order valence-corrected chi connectivity index (χ3v) is 4.60. The number of aliphatic carboxylic acids is 1. The number of carboxylic acid groups (broad SMARTS) is 1. The number of benzene rings is 1. The van der Waals surface area contributed by atoms with Gasteiger partial charge in [0.15, 0.2) is 0 Å². The largest absolute Gasteiger partial charge is 0.481 e. The highest BCUT2D eigenvalue weighted by Crippen LogP contribution is 2.20. The number of carbonyl (C=O) groups excluding carboxylic acids is 1. The van der Waals surface area contributed by atoms with Crippen LogP contribution in [0.1, 0.15) is 18.4 Å². The number of carboxylic acids is 1. The molecule has 136 valence electrons. The minimum absolute atomic E-state index is 0.167. The number of nitrogens with one attached hydrogen (secondary N) is 1. The molecule has 1 unspecified atom stereocenters. The molecule has 26 heavy (non-hydrogen) atoms. The van der Waals surface area contributed by atoms with Crippen LogP contribution < -0.4 is 10.2 Å². The lowest BCUT2D eigenvalue weighted by Crippen LogP contribution is -2.50. The Kier molecular flexibility index (Phi) is 5.36. The van der Waals surface area contributed by atoms with Crippen molar-refractivity contribution in [2.24, 2.45) is 0 Å². The number of nitrogens with zero attached hydrogens (tertiary/aromatic N) is 3. The Morgan fingerprint density at radius 2 is 1.81 bits per heavy atom. The zero-order chi connectivity index (χ0) is 18.5. The average Bonchev–Trinajstić information content (AvgIpc) is 2.68. The quantitative estimate of drug-likeness (QED) is 0.881. The number of carbonyl (C=O) groups is 2. The summed E-state index contributed by atoms with van der Waals surface area (Å²) in [6.45, 7) is 4.39. The maximum atomic E-state index is 12.5. The van der Waals surface area contributed by atoms with Crippen LogP contribution in [0.2, 0.25) is 0 Å². The maximum absolute atomic E-state index is 12.5. The van der Waals surface area contributed by atoms with E-state index in [1.54, 1.807) is 48.5 Å². The van der Waals surface area contributed by atoms with E-state index in [1.165, 1.54) is 0 Å². The van der Waals surface area contributed by atoms with Crippen LogP contribution in [0.5, 0.6) is 0 Å². The van der Waals surface area contributed by atoms with Crippen molar-refractivity contribution in [1.29, 1.82) is 0 Å². The van der Waals surface area contributed by atoms with Crippen molar-refractivity contribution in [2.75, 3.05) is 36.4 Å². The van der Waals surface area contributed by atoms with Gasteiger partial charge in [-0.3, -0.25) is 9.78 Å². The molecule has 1 saturated heterocycles. The van der Waals surface area contributed by atoms with Crippen LogP contribution in [0, 0.1) is 0 Å². The summed E-state index contributed by atoms with van der Waals surface area (Å²) < 4.78 is 0. The second-order valence-electron chi connectivity index (χ2n) is 6.30. The van der Waals surface area contributed by atoms with Crippen molar-refractivity contribution < 1.29 is 14.7 Å². The van der Waals surface area contributed by atoms with Crippen molar-refractivity contribution in [2.45, 2.75) is 12.8 Å². The molecule has 1 atom stereocenters. The van der Waals surface area contributed by atoms with Crippen LogP contribution in [0.3, 0.4) is 0 Å². The second-order valence-corrected chi connectivity index (χ2v) is 6.30. The molecule has 2 heterocycles. The molecule has 2 amide bonds. The van der Waals surface area contributed by atoms with Gasteiger partial charge in [0.05, 0.1) is 5.92 Å². The van der Waals surface area contributed by atoms with Crippen molar-refractivity contribution in [1.82, 2.24) is 9.88 Å². The van der Waals surface area contributed by atoms with Gasteiger partial charge in [0, 0.05) is 49.9 Å². The molecule has 1 aromatic carbocycles. The van der Waals surface area contributed by atoms with E-state index in [0.29, 0.717) is 24.3 Å². The van der Waals surface area contributed by atoms with Crippen molar-refractivity contribution in [3.8, 4) is 0 Å². The van der Waals surface area contributed by atoms with Gasteiger partial charge >= 0.3 is 12.0 Å². The van der Waals surface area contributed by atoms with Crippen LogP contribution in [-0.2, 0) is 4.79 Å². The van der Waals surface area contributed by atoms with Crippen LogP contribution in [-0.4, -0.2) is 53.2 Å². The molecule has 1 aliphatic heterocycles. The summed E-state index contributed by atoms with van der Waals surface area (Å²) in [5.41, 5.74) is 2.38. The first-order valence-electron chi connectivity index (χ1n) is 8.58. The van der Waals surface area contributed by atoms with Crippen molar-refractivity contribution in [3.63, 3.8) is 0 Å². The first-order chi connectivity index (χ1) is 12.5. The lowest BCUT2D eigenvalue weighted by Gasteiger charge is -2.36. The van der Waals surface area contributed by atoms with Crippen molar-refractivity contribution in [3.05, 3.63) is 54.4 Å². The highest BCUT2D eigenvalue weighted by Gasteiger charge is 2.21. The lowest BCUT2D eigenvalue weighted by molar-refractivity contribution is -0.138. The standard InChI is InChI=1S/C19H22N4O3/c1-14(18(24)25)15-3-2-4-16(13-15)21-19(26)23-11-9-22(10-12-23)17-5-7-20-8-6-17/h2-8,13-14H,9-12H2,1H3,(H,21,26)(H,24,25). The van der Waals surface area contributed by atoms with Crippen LogP contribution >= 0.6 is 0 Å². The van der Waals surface area contributed by atoms with E-state index in [1.807, 2.05) is 12.1 Å². The second kappa shape index (κ2) is 7.86. The van der Waals surface area contributed by atoms with Gasteiger partial charge in [-0.2, -0.15) is 0 Å². The molecular weight excluding hydrogens is 332 g/mol. The molecule has 7 nitrogen and oxygen atoms in total. The van der Waals surface area contributed by atoms with Gasteiger partial charge < -0.3 is 20.2 Å². The van der Waals surface area contributed by atoms with E-state index >= 15 is 0 Å². The normalized spacial score (nSPS) is 15.4. The SMILES string of the molecule is CC(C(=O)O)c1cccc(NC(=O)N2CCN(c3ccncc3)CC2)c1. The molecule has 3 rings (SSSR count). The zero-order valence-corrected chi connectivity index (χ0v) is 14.6. The summed E-state index contributed by atoms with van der Waals surface area (Å²) in [7, 11) is 0. The number of amides is 2. The first-order valence-corrected chi connectivity index (χ1v) is 8.58. The summed E-state index contributed by atoms with van der Waals surface area (Å²) in [6.07, 6.45) is 3.53. The molecule has 1 fully saturated rings. The number of rotatable bonds is 4. The van der Waals surface area contributed by atoms with Crippen LogP contribution in [0.25, 0.3) is 0 Å². The summed E-state index contributed by atoms with van der Waals surface area (Å²) in [6, 6.07) is 10.7. The van der Waals surface area contributed by atoms with Crippen molar-refractivity contribution >= 4 is 23.4 Å². The minimum atomic E-state index is -0.888. The monoisotopic (exact) mass is 354 g/mol. The van der Waals surface area contributed by atoms with Gasteiger partial charge in [-0.1, -0.05) is 12.1 Å². The summed E-state index contributed by atoms with van der Waals surface area (Å²) >= 11 is 0. The molecule has 1 aliphatic rings. The Hall–Kier alpha value is -3.09. The number of hydrogen-bond acceptors (Lipinski definition) is 4. The number of anilines is 2. The summed E-state index contributed by atoms with van der Waals surface area (Å²) in [4.78, 5) is 31.6. The van der Waals surface area contributed by atoms with Gasteiger partial charge in [0.25, 0.3) is 0 Å². The number of pyridine rings is 1. The fraction of sp³-hybridized carbons (Fsp3) is 0.316. The Bertz CT molecular complexity index is 773. The van der Waals surface area contributed by atoms with E-state index in [4.69, 9.17) is 5.11 Å². The van der Waals surface area contributed by atoms with Crippen LogP contribution in [0.4, 0.5) is 16.2 Å². The number of hydrogen-bond donors (Lipinski definition) is 2. The molecule has 2 N–H and O–H groups in total. The Morgan fingerprint density at radius 1 is 1.12 bits per heavy atom. The van der Waals surface area contributed by atoms with Gasteiger partial charge in [-0.15, -0.1) is 0 Å². The number of urea groups is 1. The molecular formula is C19H22N4O3. The highest BCUT2D eigenvalue weighted by atomic mass is 16.4. The predicted octanol–water partition coefficient (Wildman–Crippen LogP) is 2.62. The highest BCUT2D eigenvalue weighted by molar-refractivity contribution is 5.90. The van der Waals surface area contributed by atoms with Gasteiger partial charge in [0.1, 0.15) is 0 Å². The van der Waals surface area contributed by atoms with E-state index in [2.05, 4.69) is 15.2 Å². The molecule has 0 saturated carbocycles. The van der Waals surface area contributed by atoms with Crippen LogP contribution in [0.15, 0.2) is 48.8 Å². The van der Waals surface area contributed by atoms with Gasteiger partial charge in [-0.05, 0) is 36.8 Å². The predicted molar refractivity (Wildman–Crippen MR) is 99.5 cm³/mol. The summed E-state index contributed by atoms with van der Waals surface area (Å²) in [5, 5.41) is 12.0. The first kappa shape index (κ1) is 17.7. The maximum Gasteiger partial charge on any atom is 0.321 e. The molecule has 0 aliphatic carbocycles. The molecule has 2 aromatic rings. The fourth-order valence-electron chi connectivity index (χ4n) is 2.95. The number of aromatic nitrogens is 1. The minimum Gasteiger partial charge on any atom is -0.481 e. The Balaban J connectivity index is 1.58. The van der Waals surface area contributed by atoms with E-state index in [-0.39, 0.29) is 6.03 Å². The molecule has 0 bridgehead atoms. The average molecular weight is 354 g/mol. The molecule has 7 heteroatoms. The number of piperazine rings is 1. The third-order valence-electron chi connectivity index (χ3n) is 4.60. The van der Waals surface area contributed by atoms with Gasteiger partial charge in [-0.25, -0.2) is 4.79 Å². The van der Waals surface area contributed by atoms with E-state index in [0.717, 1.165) is 18.8 Å². The molecule has 1 aromatic heterocycles. The summed E-state index contributed by atoms with van der Waals surface area (Å²) in [5.74, 6) is -1.50. The Morgan fingerprint density at radius 3 is 2.46 bits per heavy atom. The van der Waals surface area contributed by atoms with E-state index in [9.17, 15) is 9.59 Å². The van der Waals surface area contributed by atoms with E-state index < -0.39 is 11.9 Å². The zero-order valence-electron chi connectivity index (χ0n) is 14.6. The molecule has 0 spiro atoms.